The maximum Gasteiger partial charge on any atom is 0.435 e. The quantitative estimate of drug-likeness (QED) is 0.0609. The molecule has 0 saturated heterocycles. The van der Waals surface area contributed by atoms with Crippen LogP contribution in [0, 0.1) is 11.3 Å². The number of carbonyl (C=O) groups excluding carboxylic acids is 3. The number of thiocarbonyl (C=S) groups is 1. The summed E-state index contributed by atoms with van der Waals surface area (Å²) in [5, 5.41) is 31.1. The van der Waals surface area contributed by atoms with Crippen LogP contribution in [0.5, 0.6) is 23.0 Å². The zero-order valence-electron chi connectivity index (χ0n) is 33.4. The second kappa shape index (κ2) is 14.7. The molecule has 0 radical (unpaired) electrons. The van der Waals surface area contributed by atoms with Gasteiger partial charge < -0.3 is 30.7 Å². The second-order valence-corrected chi connectivity index (χ2v) is 17.3. The molecular weight excluding hydrogens is 826 g/mol. The van der Waals surface area contributed by atoms with Crippen molar-refractivity contribution in [2.75, 3.05) is 10.6 Å². The molecule has 3 heterocycles. The third-order valence-electron chi connectivity index (χ3n) is 11.9. The van der Waals surface area contributed by atoms with Crippen LogP contribution in [0.15, 0.2) is 72.8 Å². The first-order chi connectivity index (χ1) is 29.4. The van der Waals surface area contributed by atoms with Crippen molar-refractivity contribution in [3.63, 3.8) is 0 Å². The Morgan fingerprint density at radius 1 is 0.935 bits per heavy atom. The van der Waals surface area contributed by atoms with Gasteiger partial charge in [-0.25, -0.2) is 19.8 Å². The van der Waals surface area contributed by atoms with E-state index in [4.69, 9.17) is 27.4 Å². The van der Waals surface area contributed by atoms with Gasteiger partial charge in [-0.3, -0.25) is 9.59 Å². The van der Waals surface area contributed by atoms with Gasteiger partial charge in [0.1, 0.15) is 28.7 Å². The van der Waals surface area contributed by atoms with Gasteiger partial charge in [-0.1, -0.05) is 13.8 Å². The molecule has 1 saturated carbocycles. The lowest BCUT2D eigenvalue weighted by Gasteiger charge is -2.36. The lowest BCUT2D eigenvalue weighted by molar-refractivity contribution is -0.307. The molecule has 318 valence electrons. The van der Waals surface area contributed by atoms with Crippen molar-refractivity contribution in [2.24, 2.45) is 17.1 Å². The number of hydrogen-bond acceptors (Lipinski definition) is 10. The number of nitrogens with two attached hydrogens (primary N) is 1. The van der Waals surface area contributed by atoms with E-state index in [0.717, 1.165) is 17.5 Å². The number of alkyl halides is 3. The minimum Gasteiger partial charge on any atom is -0.508 e. The van der Waals surface area contributed by atoms with Crippen LogP contribution in [0.3, 0.4) is 0 Å². The van der Waals surface area contributed by atoms with Crippen LogP contribution < -0.4 is 26.1 Å². The molecule has 1 amide bonds. The fourth-order valence-electron chi connectivity index (χ4n) is 9.15. The van der Waals surface area contributed by atoms with E-state index < -0.39 is 46.1 Å². The minimum atomic E-state index is -4.83. The Morgan fingerprint density at radius 2 is 1.60 bits per heavy atom. The van der Waals surface area contributed by atoms with Gasteiger partial charge in [-0.2, -0.15) is 18.3 Å². The Balaban J connectivity index is 0.881. The highest BCUT2D eigenvalue weighted by Crippen LogP contribution is 2.57. The van der Waals surface area contributed by atoms with Crippen molar-refractivity contribution in [1.29, 1.82) is 0 Å². The van der Waals surface area contributed by atoms with E-state index in [1.54, 1.807) is 36.4 Å². The highest BCUT2D eigenvalue weighted by atomic mass is 32.1. The zero-order chi connectivity index (χ0) is 43.9. The molecule has 2 aliphatic heterocycles. The summed E-state index contributed by atoms with van der Waals surface area (Å²) in [6, 6.07) is 18.7. The third-order valence-corrected chi connectivity index (χ3v) is 12.2. The first-order valence-electron chi connectivity index (χ1n) is 20.0. The predicted octanol–water partition coefficient (Wildman–Crippen LogP) is 6.64. The fraction of sp³-hybridized carbons (Fsp3) is 0.289. The summed E-state index contributed by atoms with van der Waals surface area (Å²) in [6.07, 6.45) is 0.109. The Labute approximate surface area is 357 Å². The average Bonchev–Trinajstić information content (AvgIpc) is 3.72. The van der Waals surface area contributed by atoms with Gasteiger partial charge >= 0.3 is 17.3 Å². The molecule has 9 rings (SSSR count). The van der Waals surface area contributed by atoms with Crippen LogP contribution in [-0.4, -0.2) is 55.0 Å². The van der Waals surface area contributed by atoms with Gasteiger partial charge in [0.25, 0.3) is 5.91 Å². The molecule has 13 nitrogen and oxygen atoms in total. The Hall–Kier alpha value is -6.75. The number of rotatable bonds is 6. The van der Waals surface area contributed by atoms with Crippen molar-refractivity contribution in [3.05, 3.63) is 118 Å². The number of Topliss-reactive ketones (excluding diaryl/α,β-unsaturated/α-hetero) is 1. The summed E-state index contributed by atoms with van der Waals surface area (Å²) in [4.78, 5) is 42.1. The summed E-state index contributed by atoms with van der Waals surface area (Å²) < 4.78 is 55.7. The lowest BCUT2D eigenvalue weighted by atomic mass is 9.75. The Morgan fingerprint density at radius 3 is 2.24 bits per heavy atom. The van der Waals surface area contributed by atoms with E-state index in [1.807, 2.05) is 20.1 Å². The summed E-state index contributed by atoms with van der Waals surface area (Å²) in [5.41, 5.74) is 5.52. The third kappa shape index (κ3) is 7.08. The molecule has 2 aliphatic carbocycles. The molecule has 1 spiro atoms. The van der Waals surface area contributed by atoms with Crippen molar-refractivity contribution >= 4 is 52.6 Å². The number of fused-ring (bicyclic) bond motifs is 7. The smallest absolute Gasteiger partial charge is 0.435 e. The fourth-order valence-corrected chi connectivity index (χ4v) is 9.34. The van der Waals surface area contributed by atoms with Crippen LogP contribution in [0.2, 0.25) is 0 Å². The van der Waals surface area contributed by atoms with E-state index in [1.165, 1.54) is 36.4 Å². The molecule has 7 N–H and O–H groups in total. The summed E-state index contributed by atoms with van der Waals surface area (Å²) in [6.45, 7) is 3.65. The molecule has 1 fully saturated rings. The number of esters is 1. The summed E-state index contributed by atoms with van der Waals surface area (Å²) in [5.74, 6) is -1.30. The molecule has 1 aromatic heterocycles. The van der Waals surface area contributed by atoms with Gasteiger partial charge in [0.2, 0.25) is 0 Å². The topological polar surface area (TPSA) is 192 Å². The number of phenols is 2. The van der Waals surface area contributed by atoms with Crippen molar-refractivity contribution in [1.82, 2.24) is 9.78 Å². The molecule has 0 atom stereocenters. The maximum atomic E-state index is 14.1. The van der Waals surface area contributed by atoms with Crippen LogP contribution in [-0.2, 0) is 22.9 Å². The highest BCUT2D eigenvalue weighted by Gasteiger charge is 2.54. The van der Waals surface area contributed by atoms with Crippen LogP contribution in [0.1, 0.15) is 105 Å². The lowest BCUT2D eigenvalue weighted by Crippen LogP contribution is -2.76. The van der Waals surface area contributed by atoms with Crippen LogP contribution in [0.4, 0.5) is 24.5 Å². The molecule has 4 aromatic carbocycles. The first-order valence-corrected chi connectivity index (χ1v) is 20.4. The number of ether oxygens (including phenoxy) is 2. The maximum absolute atomic E-state index is 14.1. The second-order valence-electron chi connectivity index (χ2n) is 16.9. The van der Waals surface area contributed by atoms with Crippen molar-refractivity contribution in [3.8, 4) is 28.7 Å². The van der Waals surface area contributed by atoms with Crippen molar-refractivity contribution in [2.45, 2.75) is 70.2 Å². The monoisotopic (exact) mass is 865 g/mol. The molecule has 0 unspecified atom stereocenters. The number of nitrogens with one attached hydrogen (secondary N) is 3. The van der Waals surface area contributed by atoms with E-state index in [-0.39, 0.29) is 64.7 Å². The molecule has 17 heteroatoms. The van der Waals surface area contributed by atoms with Gasteiger partial charge in [0, 0.05) is 65.1 Å². The molecule has 5 aromatic rings. The standard InChI is InChI=1S/C45H39F3N6O7S/c1-43(2)19-34-38(35(57)20-43)39(45(46,47)48)53-54(34)25-8-11-28(40(49)58)33(16-25)51-23-5-3-22(4-6-23)21-50-42(62)52-24-7-12-30-29(15-24)41(59)61-44(30)31-13-9-26(55)17-36(31)60-37-18-27(56)10-14-32(37)44/h7-18,21-23,51,55-56H,3-6,19-20H2,1-2H3,(H2,49,58)(H,52,62)/p+1/b50-21+. The van der Waals surface area contributed by atoms with E-state index >= 15 is 0 Å². The zero-order valence-corrected chi connectivity index (χ0v) is 34.2. The van der Waals surface area contributed by atoms with E-state index in [0.29, 0.717) is 51.6 Å². The van der Waals surface area contributed by atoms with Crippen LogP contribution >= 0.6 is 12.2 Å². The number of phenolic OH excluding ortho intramolecular Hbond substituents is 2. The first kappa shape index (κ1) is 40.6. The van der Waals surface area contributed by atoms with E-state index in [2.05, 4.69) is 20.7 Å². The summed E-state index contributed by atoms with van der Waals surface area (Å²) in [7, 11) is 0. The number of carbonyl (C=O) groups is 3. The number of ketones is 1. The van der Waals surface area contributed by atoms with Gasteiger partial charge in [-0.15, -0.1) is 0 Å². The van der Waals surface area contributed by atoms with Crippen LogP contribution in [0.25, 0.3) is 5.69 Å². The average molecular weight is 866 g/mol. The Kier molecular flexibility index (Phi) is 9.65. The SMILES string of the molecule is CC1(C)CC(=O)c2c(C(F)(F)F)nn(-c3ccc(C(N)=O)c(NC4CCC(/C=[NH+]/C(=S)Nc5ccc6c(c5)C(=O)OC65c6ccc(O)cc6Oc6cc(O)ccc65)CC4)c3)c2C1. The van der Waals surface area contributed by atoms with Gasteiger partial charge in [0.15, 0.2) is 17.1 Å². The number of amides is 1. The largest absolute Gasteiger partial charge is 0.508 e. The van der Waals surface area contributed by atoms with Crippen molar-refractivity contribution < 1.29 is 52.2 Å². The number of hydrogen-bond donors (Lipinski definition) is 6. The minimum absolute atomic E-state index is 0.0289. The number of primary amides is 1. The number of benzene rings is 4. The molecule has 4 aliphatic rings. The van der Waals surface area contributed by atoms with E-state index in [9.17, 15) is 37.8 Å². The van der Waals surface area contributed by atoms with Gasteiger partial charge in [0.05, 0.1) is 34.3 Å². The molecule has 62 heavy (non-hydrogen) atoms. The number of aromatic hydroxyl groups is 2. The highest BCUT2D eigenvalue weighted by molar-refractivity contribution is 7.80. The number of anilines is 2. The number of aromatic nitrogens is 2. The Bertz CT molecular complexity index is 2720. The molecule has 0 bridgehead atoms. The normalized spacial score (nSPS) is 19.5. The number of nitrogens with zero attached hydrogens (tertiary/aromatic N) is 2. The molecular formula is C45H40F3N6O7S+. The predicted molar refractivity (Wildman–Crippen MR) is 224 cm³/mol. The van der Waals surface area contributed by atoms with Gasteiger partial charge in [-0.05, 0) is 98.2 Å². The summed E-state index contributed by atoms with van der Waals surface area (Å²) >= 11 is 5.61. The number of halogens is 3.